The maximum Gasteiger partial charge on any atom is 0.220 e. The van der Waals surface area contributed by atoms with Gasteiger partial charge in [-0.05, 0) is 13.3 Å². The van der Waals surface area contributed by atoms with Gasteiger partial charge in [0, 0.05) is 20.7 Å². The fourth-order valence-electron chi connectivity index (χ4n) is 2.61. The van der Waals surface area contributed by atoms with Gasteiger partial charge in [-0.3, -0.25) is 4.79 Å². The van der Waals surface area contributed by atoms with E-state index in [9.17, 15) is 4.79 Å². The standard InChI is InChI=1S/C10H17NO2.H2/c1-3-4-8(12)11-10-5-9(2,6-10)13-7-10;/h3-7H2,1-2H3,(H,11,12);1H. The molecule has 3 heteroatoms. The average molecular weight is 185 g/mol. The molecule has 2 saturated heterocycles. The van der Waals surface area contributed by atoms with Crippen LogP contribution >= 0.6 is 0 Å². The third-order valence-corrected chi connectivity index (χ3v) is 3.00. The Kier molecular flexibility index (Phi) is 1.88. The zero-order valence-electron chi connectivity index (χ0n) is 8.35. The van der Waals surface area contributed by atoms with Crippen molar-refractivity contribution < 1.29 is 11.0 Å². The van der Waals surface area contributed by atoms with Crippen LogP contribution in [0, 0.1) is 0 Å². The molecule has 13 heavy (non-hydrogen) atoms. The summed E-state index contributed by atoms with van der Waals surface area (Å²) in [6.45, 7) is 4.84. The molecule has 3 nitrogen and oxygen atoms in total. The summed E-state index contributed by atoms with van der Waals surface area (Å²) in [5.74, 6) is 0.176. The van der Waals surface area contributed by atoms with Crippen LogP contribution in [0.4, 0.5) is 0 Å². The van der Waals surface area contributed by atoms with Crippen molar-refractivity contribution in [2.75, 3.05) is 6.61 Å². The summed E-state index contributed by atoms with van der Waals surface area (Å²) in [4.78, 5) is 11.4. The molecule has 1 amide bonds. The second kappa shape index (κ2) is 2.71. The Balaban J connectivity index is 0.000000980. The van der Waals surface area contributed by atoms with E-state index in [1.807, 2.05) is 6.92 Å². The SMILES string of the molecule is CCCC(=O)NC12COC(C)(C1)C2.[HH]. The van der Waals surface area contributed by atoms with Crippen LogP contribution in [0.2, 0.25) is 0 Å². The van der Waals surface area contributed by atoms with Crippen LogP contribution in [0.5, 0.6) is 0 Å². The molecule has 3 fully saturated rings. The quantitative estimate of drug-likeness (QED) is 0.723. The van der Waals surface area contributed by atoms with Gasteiger partial charge in [-0.25, -0.2) is 0 Å². The molecule has 2 aliphatic heterocycles. The molecular formula is C10H19NO2. The summed E-state index contributed by atoms with van der Waals surface area (Å²) >= 11 is 0. The van der Waals surface area contributed by atoms with E-state index in [1.165, 1.54) is 0 Å². The van der Waals surface area contributed by atoms with Crippen molar-refractivity contribution in [2.45, 2.75) is 50.7 Å². The van der Waals surface area contributed by atoms with Gasteiger partial charge in [-0.1, -0.05) is 6.92 Å². The monoisotopic (exact) mass is 185 g/mol. The van der Waals surface area contributed by atoms with Crippen LogP contribution in [-0.4, -0.2) is 23.7 Å². The summed E-state index contributed by atoms with van der Waals surface area (Å²) in [6, 6.07) is 0. The molecule has 3 rings (SSSR count). The predicted octanol–water partition coefficient (Wildman–Crippen LogP) is 1.47. The van der Waals surface area contributed by atoms with Gasteiger partial charge < -0.3 is 10.1 Å². The number of nitrogens with one attached hydrogen (secondary N) is 1. The van der Waals surface area contributed by atoms with Crippen LogP contribution in [0.3, 0.4) is 0 Å². The topological polar surface area (TPSA) is 38.3 Å². The van der Waals surface area contributed by atoms with Gasteiger partial charge in [-0.15, -0.1) is 0 Å². The molecule has 1 N–H and O–H groups in total. The molecule has 2 heterocycles. The predicted molar refractivity (Wildman–Crippen MR) is 51.5 cm³/mol. The highest BCUT2D eigenvalue weighted by Crippen LogP contribution is 2.51. The summed E-state index contributed by atoms with van der Waals surface area (Å²) in [5.41, 5.74) is 0.0699. The number of hydrogen-bond acceptors (Lipinski definition) is 2. The van der Waals surface area contributed by atoms with Gasteiger partial charge in [-0.2, -0.15) is 0 Å². The highest BCUT2D eigenvalue weighted by atomic mass is 16.5. The number of rotatable bonds is 3. The van der Waals surface area contributed by atoms with E-state index in [1.54, 1.807) is 0 Å². The normalized spacial score (nSPS) is 41.4. The highest BCUT2D eigenvalue weighted by Gasteiger charge is 2.60. The first kappa shape index (κ1) is 9.00. The van der Waals surface area contributed by atoms with Crippen molar-refractivity contribution in [1.29, 1.82) is 0 Å². The molecule has 0 atom stereocenters. The van der Waals surface area contributed by atoms with Gasteiger partial charge in [0.2, 0.25) is 5.91 Å². The number of amides is 1. The smallest absolute Gasteiger partial charge is 0.220 e. The van der Waals surface area contributed by atoms with E-state index < -0.39 is 0 Å². The lowest BCUT2D eigenvalue weighted by atomic mass is 9.69. The molecule has 1 aliphatic carbocycles. The minimum Gasteiger partial charge on any atom is -0.373 e. The summed E-state index contributed by atoms with van der Waals surface area (Å²) in [6.07, 6.45) is 3.55. The van der Waals surface area contributed by atoms with Crippen LogP contribution in [0.25, 0.3) is 0 Å². The molecule has 0 aromatic heterocycles. The number of hydrogen-bond donors (Lipinski definition) is 1. The molecule has 1 saturated carbocycles. The van der Waals surface area contributed by atoms with Crippen LogP contribution in [0.1, 0.15) is 41.0 Å². The molecule has 0 aromatic rings. The summed E-state index contributed by atoms with van der Waals surface area (Å²) in [7, 11) is 0. The highest BCUT2D eigenvalue weighted by molar-refractivity contribution is 5.77. The van der Waals surface area contributed by atoms with Gasteiger partial charge in [0.05, 0.1) is 17.7 Å². The second-order valence-corrected chi connectivity index (χ2v) is 4.67. The lowest BCUT2D eigenvalue weighted by Crippen LogP contribution is -2.58. The molecule has 3 aliphatic rings. The van der Waals surface area contributed by atoms with Crippen molar-refractivity contribution in [1.82, 2.24) is 5.32 Å². The Morgan fingerprint density at radius 1 is 1.62 bits per heavy atom. The zero-order chi connectivity index (χ0) is 9.53. The molecule has 0 spiro atoms. The maximum absolute atomic E-state index is 11.4. The van der Waals surface area contributed by atoms with Crippen molar-refractivity contribution in [3.8, 4) is 0 Å². The maximum atomic E-state index is 11.4. The van der Waals surface area contributed by atoms with Crippen molar-refractivity contribution in [3.05, 3.63) is 0 Å². The molecular weight excluding hydrogens is 166 g/mol. The fourth-order valence-corrected chi connectivity index (χ4v) is 2.61. The second-order valence-electron chi connectivity index (χ2n) is 4.67. The lowest BCUT2D eigenvalue weighted by Gasteiger charge is -2.42. The third-order valence-electron chi connectivity index (χ3n) is 3.00. The Morgan fingerprint density at radius 2 is 2.31 bits per heavy atom. The van der Waals surface area contributed by atoms with E-state index in [2.05, 4.69) is 12.2 Å². The molecule has 0 aromatic carbocycles. The number of ether oxygens (including phenoxy) is 1. The van der Waals surface area contributed by atoms with Gasteiger partial charge in [0.25, 0.3) is 0 Å². The van der Waals surface area contributed by atoms with E-state index in [0.29, 0.717) is 13.0 Å². The first-order valence-electron chi connectivity index (χ1n) is 5.03. The van der Waals surface area contributed by atoms with E-state index in [0.717, 1.165) is 19.3 Å². The van der Waals surface area contributed by atoms with Crippen molar-refractivity contribution in [3.63, 3.8) is 0 Å². The van der Waals surface area contributed by atoms with Crippen LogP contribution in [-0.2, 0) is 9.53 Å². The Bertz CT molecular complexity index is 236. The Morgan fingerprint density at radius 3 is 2.77 bits per heavy atom. The van der Waals surface area contributed by atoms with E-state index >= 15 is 0 Å². The molecule has 2 bridgehead atoms. The van der Waals surface area contributed by atoms with Gasteiger partial charge in [0.15, 0.2) is 0 Å². The Hall–Kier alpha value is -0.570. The average Bonchev–Trinajstić information content (AvgIpc) is 2.41. The number of carbonyl (C=O) groups is 1. The molecule has 76 valence electrons. The largest absolute Gasteiger partial charge is 0.373 e. The number of carbonyl (C=O) groups excluding carboxylic acids is 1. The summed E-state index contributed by atoms with van der Waals surface area (Å²) < 4.78 is 5.58. The minimum atomic E-state index is 0. The van der Waals surface area contributed by atoms with E-state index in [-0.39, 0.29) is 18.5 Å². The van der Waals surface area contributed by atoms with E-state index in [4.69, 9.17) is 4.74 Å². The van der Waals surface area contributed by atoms with Crippen LogP contribution in [0.15, 0.2) is 0 Å². The minimum absolute atomic E-state index is 0. The number of fused-ring (bicyclic) bond motifs is 1. The van der Waals surface area contributed by atoms with Gasteiger partial charge in [0.1, 0.15) is 0 Å². The third kappa shape index (κ3) is 1.46. The molecule has 0 radical (unpaired) electrons. The van der Waals surface area contributed by atoms with Crippen LogP contribution < -0.4 is 5.32 Å². The lowest BCUT2D eigenvalue weighted by molar-refractivity contribution is -0.123. The fraction of sp³-hybridized carbons (Fsp3) is 0.900. The van der Waals surface area contributed by atoms with Gasteiger partial charge >= 0.3 is 0 Å². The first-order chi connectivity index (χ1) is 6.08. The summed E-state index contributed by atoms with van der Waals surface area (Å²) in [5, 5.41) is 3.08. The molecule has 0 unspecified atom stereocenters. The first-order valence-corrected chi connectivity index (χ1v) is 5.03. The van der Waals surface area contributed by atoms with Crippen molar-refractivity contribution >= 4 is 5.91 Å². The van der Waals surface area contributed by atoms with Crippen molar-refractivity contribution in [2.24, 2.45) is 0 Å². The zero-order valence-corrected chi connectivity index (χ0v) is 8.35. The Labute approximate surface area is 80.3 Å².